The van der Waals surface area contributed by atoms with Crippen molar-refractivity contribution in [3.05, 3.63) is 29.2 Å². The highest BCUT2D eigenvalue weighted by Gasteiger charge is 2.22. The fourth-order valence-electron chi connectivity index (χ4n) is 3.82. The van der Waals surface area contributed by atoms with Crippen LogP contribution in [0.15, 0.2) is 18.3 Å². The second-order valence-electron chi connectivity index (χ2n) is 7.87. The lowest BCUT2D eigenvalue weighted by Gasteiger charge is -2.33. The van der Waals surface area contributed by atoms with Crippen LogP contribution in [0.2, 0.25) is 5.02 Å². The molecule has 0 bridgehead atoms. The van der Waals surface area contributed by atoms with Gasteiger partial charge in [-0.1, -0.05) is 11.6 Å². The van der Waals surface area contributed by atoms with Crippen LogP contribution in [0.3, 0.4) is 0 Å². The van der Waals surface area contributed by atoms with Crippen molar-refractivity contribution in [2.24, 2.45) is 0 Å². The number of nitrogen functional groups attached to an aromatic ring is 1. The highest BCUT2D eigenvalue weighted by Crippen LogP contribution is 2.33. The number of anilines is 2. The number of hydrogen-bond acceptors (Lipinski definition) is 7. The largest absolute Gasteiger partial charge is 0.368 e. The van der Waals surface area contributed by atoms with Crippen LogP contribution in [-0.4, -0.2) is 63.7 Å². The molecule has 160 valence electrons. The topological polar surface area (TPSA) is 96.9 Å². The summed E-state index contributed by atoms with van der Waals surface area (Å²) < 4.78 is 17.0. The third-order valence-corrected chi connectivity index (χ3v) is 5.72. The van der Waals surface area contributed by atoms with Crippen LogP contribution < -0.4 is 16.4 Å². The number of nitrogens with one attached hydrogen (secondary N) is 2. The first-order valence-corrected chi connectivity index (χ1v) is 10.4. The van der Waals surface area contributed by atoms with Gasteiger partial charge in [-0.2, -0.15) is 0 Å². The number of likely N-dealkylation sites (N-methyl/N-ethyl adjacent to an activating group) is 1. The van der Waals surface area contributed by atoms with Gasteiger partial charge in [0.25, 0.3) is 0 Å². The van der Waals surface area contributed by atoms with Gasteiger partial charge in [0.15, 0.2) is 5.82 Å². The van der Waals surface area contributed by atoms with Gasteiger partial charge in [0.05, 0.1) is 22.4 Å². The highest BCUT2D eigenvalue weighted by atomic mass is 35.5. The zero-order chi connectivity index (χ0) is 21.4. The minimum Gasteiger partial charge on any atom is -0.368 e. The minimum atomic E-state index is -0.436. The summed E-state index contributed by atoms with van der Waals surface area (Å²) in [6, 6.07) is 3.64. The molecule has 2 aromatic heterocycles. The van der Waals surface area contributed by atoms with Gasteiger partial charge < -0.3 is 20.9 Å². The number of hydrogen-bond donors (Lipinski definition) is 3. The molecule has 10 heteroatoms. The van der Waals surface area contributed by atoms with E-state index in [-0.39, 0.29) is 12.0 Å². The van der Waals surface area contributed by atoms with Crippen LogP contribution >= 0.6 is 11.6 Å². The SMILES string of the molecule is CC(C)n1c(NCC2CNCCN2C)nc2c(F)cc(-c3nc(N)ncc3Cl)cc21. The van der Waals surface area contributed by atoms with Crippen LogP contribution in [-0.2, 0) is 0 Å². The number of piperazine rings is 1. The molecule has 0 saturated carbocycles. The summed E-state index contributed by atoms with van der Waals surface area (Å²) in [6.07, 6.45) is 1.42. The molecule has 4 N–H and O–H groups in total. The maximum Gasteiger partial charge on any atom is 0.220 e. The molecule has 4 rings (SSSR count). The maximum atomic E-state index is 15.0. The normalized spacial score (nSPS) is 17.7. The van der Waals surface area contributed by atoms with E-state index in [1.54, 1.807) is 0 Å². The summed E-state index contributed by atoms with van der Waals surface area (Å²) in [6.45, 7) is 7.68. The maximum absolute atomic E-state index is 15.0. The second-order valence-corrected chi connectivity index (χ2v) is 8.28. The van der Waals surface area contributed by atoms with E-state index in [0.29, 0.717) is 45.8 Å². The van der Waals surface area contributed by atoms with Crippen molar-refractivity contribution in [2.45, 2.75) is 25.9 Å². The van der Waals surface area contributed by atoms with Crippen molar-refractivity contribution in [1.82, 2.24) is 29.7 Å². The predicted octanol–water partition coefficient (Wildman–Crippen LogP) is 2.76. The molecule has 0 spiro atoms. The Morgan fingerprint density at radius 3 is 2.90 bits per heavy atom. The number of imidazole rings is 1. The Hall–Kier alpha value is -2.49. The molecule has 1 aliphatic rings. The third kappa shape index (κ3) is 3.92. The number of benzene rings is 1. The molecule has 0 radical (unpaired) electrons. The average Bonchev–Trinajstić information content (AvgIpc) is 3.08. The summed E-state index contributed by atoms with van der Waals surface area (Å²) in [5.41, 5.74) is 7.61. The zero-order valence-corrected chi connectivity index (χ0v) is 18.0. The number of nitrogens with zero attached hydrogens (tertiary/aromatic N) is 5. The Morgan fingerprint density at radius 1 is 1.37 bits per heavy atom. The summed E-state index contributed by atoms with van der Waals surface area (Å²) >= 11 is 6.24. The van der Waals surface area contributed by atoms with E-state index in [9.17, 15) is 0 Å². The van der Waals surface area contributed by atoms with E-state index in [0.717, 1.165) is 19.6 Å². The van der Waals surface area contributed by atoms with Crippen LogP contribution in [0.1, 0.15) is 19.9 Å². The monoisotopic (exact) mass is 432 g/mol. The molecular weight excluding hydrogens is 407 g/mol. The standard InChI is InChI=1S/C20H26ClFN8/c1-11(2)30-16-7-12(17-14(21)10-25-19(23)27-17)6-15(22)18(16)28-20(30)26-9-13-8-24-4-5-29(13)3/h6-7,10-11,13,24H,4-5,8-9H2,1-3H3,(H,26,28)(H2,23,25,27). The Balaban J connectivity index is 1.74. The molecule has 3 heterocycles. The minimum absolute atomic E-state index is 0.0697. The summed E-state index contributed by atoms with van der Waals surface area (Å²) in [5.74, 6) is 0.290. The summed E-state index contributed by atoms with van der Waals surface area (Å²) in [4.78, 5) is 14.9. The molecule has 30 heavy (non-hydrogen) atoms. The van der Waals surface area contributed by atoms with Gasteiger partial charge in [0, 0.05) is 43.8 Å². The first kappa shape index (κ1) is 20.8. The van der Waals surface area contributed by atoms with Crippen molar-refractivity contribution in [3.8, 4) is 11.3 Å². The number of rotatable bonds is 5. The molecule has 8 nitrogen and oxygen atoms in total. The summed E-state index contributed by atoms with van der Waals surface area (Å²) in [5, 5.41) is 7.14. The number of fused-ring (bicyclic) bond motifs is 1. The van der Waals surface area contributed by atoms with Gasteiger partial charge >= 0.3 is 0 Å². The van der Waals surface area contributed by atoms with Gasteiger partial charge in [0.1, 0.15) is 5.52 Å². The van der Waals surface area contributed by atoms with Crippen LogP contribution in [0, 0.1) is 5.82 Å². The molecule has 1 aromatic carbocycles. The van der Waals surface area contributed by atoms with Crippen molar-refractivity contribution in [1.29, 1.82) is 0 Å². The van der Waals surface area contributed by atoms with Gasteiger partial charge in [0.2, 0.25) is 11.9 Å². The molecule has 1 saturated heterocycles. The quantitative estimate of drug-likeness (QED) is 0.570. The molecule has 1 atom stereocenters. The molecule has 0 amide bonds. The van der Waals surface area contributed by atoms with Crippen molar-refractivity contribution < 1.29 is 4.39 Å². The van der Waals surface area contributed by atoms with Crippen LogP contribution in [0.25, 0.3) is 22.3 Å². The number of halogens is 2. The van der Waals surface area contributed by atoms with Crippen molar-refractivity contribution >= 4 is 34.5 Å². The number of aromatic nitrogens is 4. The Labute approximate surface area is 179 Å². The lowest BCUT2D eigenvalue weighted by molar-refractivity contribution is 0.209. The Bertz CT molecular complexity index is 1070. The molecular formula is C20H26ClFN8. The van der Waals surface area contributed by atoms with E-state index in [2.05, 4.69) is 37.5 Å². The average molecular weight is 433 g/mol. The molecule has 1 aliphatic heterocycles. The molecule has 1 unspecified atom stereocenters. The first-order chi connectivity index (χ1) is 14.3. The van der Waals surface area contributed by atoms with Gasteiger partial charge in [-0.25, -0.2) is 19.3 Å². The first-order valence-electron chi connectivity index (χ1n) is 10.00. The highest BCUT2D eigenvalue weighted by molar-refractivity contribution is 6.33. The van der Waals surface area contributed by atoms with E-state index in [1.165, 1.54) is 12.3 Å². The lowest BCUT2D eigenvalue weighted by Crippen LogP contribution is -2.52. The third-order valence-electron chi connectivity index (χ3n) is 5.44. The zero-order valence-electron chi connectivity index (χ0n) is 17.3. The molecule has 1 fully saturated rings. The molecule has 3 aromatic rings. The van der Waals surface area contributed by atoms with Crippen molar-refractivity contribution in [3.63, 3.8) is 0 Å². The summed E-state index contributed by atoms with van der Waals surface area (Å²) in [7, 11) is 2.11. The van der Waals surface area contributed by atoms with Gasteiger partial charge in [-0.3, -0.25) is 4.90 Å². The van der Waals surface area contributed by atoms with Crippen LogP contribution in [0.4, 0.5) is 16.3 Å². The fourth-order valence-corrected chi connectivity index (χ4v) is 4.02. The van der Waals surface area contributed by atoms with Gasteiger partial charge in [-0.05, 0) is 33.0 Å². The lowest BCUT2D eigenvalue weighted by atomic mass is 10.1. The second kappa shape index (κ2) is 8.33. The van der Waals surface area contributed by atoms with Crippen molar-refractivity contribution in [2.75, 3.05) is 44.3 Å². The Morgan fingerprint density at radius 2 is 2.17 bits per heavy atom. The van der Waals surface area contributed by atoms with E-state index >= 15 is 4.39 Å². The van der Waals surface area contributed by atoms with Crippen LogP contribution in [0.5, 0.6) is 0 Å². The number of nitrogens with two attached hydrogens (primary N) is 1. The Kier molecular flexibility index (Phi) is 5.77. The fraction of sp³-hybridized carbons (Fsp3) is 0.450. The van der Waals surface area contributed by atoms with E-state index in [4.69, 9.17) is 17.3 Å². The van der Waals surface area contributed by atoms with E-state index < -0.39 is 5.82 Å². The van der Waals surface area contributed by atoms with E-state index in [1.807, 2.05) is 24.5 Å². The predicted molar refractivity (Wildman–Crippen MR) is 118 cm³/mol. The van der Waals surface area contributed by atoms with Gasteiger partial charge in [-0.15, -0.1) is 0 Å². The smallest absolute Gasteiger partial charge is 0.220 e. The molecule has 0 aliphatic carbocycles.